The summed E-state index contributed by atoms with van der Waals surface area (Å²) in [7, 11) is 0. The highest BCUT2D eigenvalue weighted by Crippen LogP contribution is 2.15. The molecule has 0 spiro atoms. The van der Waals surface area contributed by atoms with Gasteiger partial charge >= 0.3 is 0 Å². The number of nitrogens with two attached hydrogens (primary N) is 1. The highest BCUT2D eigenvalue weighted by Gasteiger charge is 2.05. The van der Waals surface area contributed by atoms with Crippen molar-refractivity contribution < 1.29 is 4.74 Å². The topological polar surface area (TPSA) is 51.4 Å². The first-order valence-electron chi connectivity index (χ1n) is 5.86. The van der Waals surface area contributed by atoms with Crippen molar-refractivity contribution in [2.45, 2.75) is 20.3 Å². The fourth-order valence-electron chi connectivity index (χ4n) is 1.53. The largest absolute Gasteiger partial charge is 0.478 e. The summed E-state index contributed by atoms with van der Waals surface area (Å²) in [6.45, 7) is 7.30. The van der Waals surface area contributed by atoms with Gasteiger partial charge in [0, 0.05) is 19.2 Å². The second-order valence-corrected chi connectivity index (χ2v) is 3.49. The minimum absolute atomic E-state index is 0.644. The standard InChI is InChI=1S/C12H21N3O/c1-3-15(10-6-9-13)11-7-5-8-12(14-11)16-4-2/h5,7-8H,3-4,6,9-10,13H2,1-2H3. The lowest BCUT2D eigenvalue weighted by Crippen LogP contribution is -2.26. The van der Waals surface area contributed by atoms with Crippen molar-refractivity contribution in [2.24, 2.45) is 5.73 Å². The Kier molecular flexibility index (Phi) is 5.64. The van der Waals surface area contributed by atoms with Crippen LogP contribution in [-0.2, 0) is 0 Å². The third kappa shape index (κ3) is 3.70. The van der Waals surface area contributed by atoms with E-state index in [1.165, 1.54) is 0 Å². The number of pyridine rings is 1. The molecule has 1 heterocycles. The average molecular weight is 223 g/mol. The molecular formula is C12H21N3O. The summed E-state index contributed by atoms with van der Waals surface area (Å²) in [5.41, 5.74) is 5.52. The van der Waals surface area contributed by atoms with E-state index in [0.29, 0.717) is 19.0 Å². The number of nitrogens with zero attached hydrogens (tertiary/aromatic N) is 2. The molecule has 0 fully saturated rings. The van der Waals surface area contributed by atoms with Gasteiger partial charge in [0.2, 0.25) is 5.88 Å². The van der Waals surface area contributed by atoms with Gasteiger partial charge in [-0.05, 0) is 32.9 Å². The molecule has 4 heteroatoms. The monoisotopic (exact) mass is 223 g/mol. The number of rotatable bonds is 7. The van der Waals surface area contributed by atoms with Crippen LogP contribution in [0.5, 0.6) is 5.88 Å². The lowest BCUT2D eigenvalue weighted by molar-refractivity contribution is 0.327. The van der Waals surface area contributed by atoms with Crippen LogP contribution in [0.25, 0.3) is 0 Å². The quantitative estimate of drug-likeness (QED) is 0.763. The summed E-state index contributed by atoms with van der Waals surface area (Å²) in [6, 6.07) is 5.85. The molecule has 2 N–H and O–H groups in total. The van der Waals surface area contributed by atoms with E-state index < -0.39 is 0 Å². The number of ether oxygens (including phenoxy) is 1. The molecule has 1 aromatic heterocycles. The third-order valence-electron chi connectivity index (χ3n) is 2.34. The van der Waals surface area contributed by atoms with E-state index in [9.17, 15) is 0 Å². The summed E-state index contributed by atoms with van der Waals surface area (Å²) < 4.78 is 5.38. The Morgan fingerprint density at radius 2 is 2.19 bits per heavy atom. The molecule has 0 amide bonds. The Hall–Kier alpha value is -1.29. The molecule has 0 aromatic carbocycles. The van der Waals surface area contributed by atoms with E-state index in [1.807, 2.05) is 25.1 Å². The van der Waals surface area contributed by atoms with Gasteiger partial charge in [0.05, 0.1) is 6.61 Å². The van der Waals surface area contributed by atoms with Gasteiger partial charge < -0.3 is 15.4 Å². The molecule has 1 aromatic rings. The van der Waals surface area contributed by atoms with Crippen LogP contribution in [0.2, 0.25) is 0 Å². The average Bonchev–Trinajstić information content (AvgIpc) is 2.31. The smallest absolute Gasteiger partial charge is 0.215 e. The molecule has 0 radical (unpaired) electrons. The van der Waals surface area contributed by atoms with E-state index in [1.54, 1.807) is 0 Å². The van der Waals surface area contributed by atoms with Crippen molar-refractivity contribution in [3.05, 3.63) is 18.2 Å². The van der Waals surface area contributed by atoms with Crippen molar-refractivity contribution in [1.29, 1.82) is 0 Å². The molecule has 0 atom stereocenters. The number of hydrogen-bond acceptors (Lipinski definition) is 4. The minimum Gasteiger partial charge on any atom is -0.478 e. The van der Waals surface area contributed by atoms with Crippen LogP contribution in [0.3, 0.4) is 0 Å². The Labute approximate surface area is 97.4 Å². The van der Waals surface area contributed by atoms with E-state index in [0.717, 1.165) is 25.3 Å². The van der Waals surface area contributed by atoms with Gasteiger partial charge in [-0.1, -0.05) is 6.07 Å². The maximum atomic E-state index is 5.52. The van der Waals surface area contributed by atoms with Crippen LogP contribution in [0.4, 0.5) is 5.82 Å². The van der Waals surface area contributed by atoms with Crippen molar-refractivity contribution >= 4 is 5.82 Å². The molecular weight excluding hydrogens is 202 g/mol. The maximum absolute atomic E-state index is 5.52. The predicted octanol–water partition coefficient (Wildman–Crippen LogP) is 1.66. The zero-order chi connectivity index (χ0) is 11.8. The molecule has 16 heavy (non-hydrogen) atoms. The normalized spacial score (nSPS) is 10.2. The van der Waals surface area contributed by atoms with E-state index in [4.69, 9.17) is 10.5 Å². The Morgan fingerprint density at radius 3 is 2.81 bits per heavy atom. The summed E-state index contributed by atoms with van der Waals surface area (Å²) in [5, 5.41) is 0. The summed E-state index contributed by atoms with van der Waals surface area (Å²) >= 11 is 0. The Balaban J connectivity index is 2.71. The minimum atomic E-state index is 0.644. The first-order chi connectivity index (χ1) is 7.81. The molecule has 90 valence electrons. The zero-order valence-electron chi connectivity index (χ0n) is 10.1. The molecule has 1 rings (SSSR count). The second-order valence-electron chi connectivity index (χ2n) is 3.49. The zero-order valence-corrected chi connectivity index (χ0v) is 10.1. The summed E-state index contributed by atoms with van der Waals surface area (Å²) in [5.74, 6) is 1.65. The molecule has 0 aliphatic rings. The number of hydrogen-bond donors (Lipinski definition) is 1. The van der Waals surface area contributed by atoms with Gasteiger partial charge in [-0.15, -0.1) is 0 Å². The van der Waals surface area contributed by atoms with E-state index in [2.05, 4.69) is 16.8 Å². The van der Waals surface area contributed by atoms with E-state index in [-0.39, 0.29) is 0 Å². The van der Waals surface area contributed by atoms with Crippen molar-refractivity contribution in [3.8, 4) is 5.88 Å². The maximum Gasteiger partial charge on any atom is 0.215 e. The van der Waals surface area contributed by atoms with Crippen LogP contribution in [-0.4, -0.2) is 31.2 Å². The third-order valence-corrected chi connectivity index (χ3v) is 2.34. The fraction of sp³-hybridized carbons (Fsp3) is 0.583. The van der Waals surface area contributed by atoms with Gasteiger partial charge in [-0.25, -0.2) is 0 Å². The van der Waals surface area contributed by atoms with Gasteiger partial charge in [0.15, 0.2) is 0 Å². The van der Waals surface area contributed by atoms with Crippen molar-refractivity contribution in [2.75, 3.05) is 31.1 Å². The molecule has 0 aliphatic carbocycles. The molecule has 4 nitrogen and oxygen atoms in total. The second kappa shape index (κ2) is 7.06. The predicted molar refractivity (Wildman–Crippen MR) is 67.0 cm³/mol. The fourth-order valence-corrected chi connectivity index (χ4v) is 1.53. The molecule has 0 bridgehead atoms. The van der Waals surface area contributed by atoms with Crippen LogP contribution in [0.1, 0.15) is 20.3 Å². The Bertz CT molecular complexity index is 304. The van der Waals surface area contributed by atoms with Gasteiger partial charge in [-0.3, -0.25) is 0 Å². The highest BCUT2D eigenvalue weighted by molar-refractivity contribution is 5.40. The molecule has 0 unspecified atom stereocenters. The number of anilines is 1. The SMILES string of the molecule is CCOc1cccc(N(CC)CCCN)n1. The van der Waals surface area contributed by atoms with Crippen LogP contribution >= 0.6 is 0 Å². The molecule has 0 aliphatic heterocycles. The van der Waals surface area contributed by atoms with Gasteiger partial charge in [-0.2, -0.15) is 4.98 Å². The van der Waals surface area contributed by atoms with Crippen LogP contribution in [0, 0.1) is 0 Å². The summed E-state index contributed by atoms with van der Waals surface area (Å²) in [4.78, 5) is 6.65. The molecule has 0 saturated heterocycles. The van der Waals surface area contributed by atoms with Crippen molar-refractivity contribution in [3.63, 3.8) is 0 Å². The lowest BCUT2D eigenvalue weighted by atomic mass is 10.3. The lowest BCUT2D eigenvalue weighted by Gasteiger charge is -2.21. The first-order valence-corrected chi connectivity index (χ1v) is 5.86. The van der Waals surface area contributed by atoms with E-state index >= 15 is 0 Å². The van der Waals surface area contributed by atoms with Gasteiger partial charge in [0.1, 0.15) is 5.82 Å². The van der Waals surface area contributed by atoms with Gasteiger partial charge in [0.25, 0.3) is 0 Å². The van der Waals surface area contributed by atoms with Crippen LogP contribution in [0.15, 0.2) is 18.2 Å². The Morgan fingerprint density at radius 1 is 1.38 bits per heavy atom. The first kappa shape index (κ1) is 12.8. The van der Waals surface area contributed by atoms with Crippen LogP contribution < -0.4 is 15.4 Å². The highest BCUT2D eigenvalue weighted by atomic mass is 16.5. The molecule has 0 saturated carbocycles. The van der Waals surface area contributed by atoms with Crippen molar-refractivity contribution in [1.82, 2.24) is 4.98 Å². The number of aromatic nitrogens is 1. The summed E-state index contributed by atoms with van der Waals surface area (Å²) in [6.07, 6.45) is 0.981.